The topological polar surface area (TPSA) is 26.3 Å². The van der Waals surface area contributed by atoms with Crippen molar-refractivity contribution >= 4 is 140 Å². The Balaban J connectivity index is 0.890. The van der Waals surface area contributed by atoms with Crippen LogP contribution in [0.3, 0.4) is 0 Å². The third-order valence-corrected chi connectivity index (χ3v) is 17.4. The molecule has 0 radical (unpaired) electrons. The van der Waals surface area contributed by atoms with Gasteiger partial charge < -0.3 is 8.83 Å². The second-order valence-corrected chi connectivity index (χ2v) is 21.1. The van der Waals surface area contributed by atoms with E-state index in [0.717, 1.165) is 43.9 Å². The fraction of sp³-hybridized carbons (Fsp3) is 0. The van der Waals surface area contributed by atoms with Crippen molar-refractivity contribution in [3.05, 3.63) is 243 Å². The van der Waals surface area contributed by atoms with E-state index in [1.165, 1.54) is 129 Å². The highest BCUT2D eigenvalue weighted by molar-refractivity contribution is 7.26. The lowest BCUT2D eigenvalue weighted by atomic mass is 9.84. The van der Waals surface area contributed by atoms with E-state index in [1.54, 1.807) is 0 Å². The van der Waals surface area contributed by atoms with E-state index in [9.17, 15) is 0 Å². The van der Waals surface area contributed by atoms with E-state index in [0.29, 0.717) is 0 Å². The van der Waals surface area contributed by atoms with Crippen molar-refractivity contribution in [2.24, 2.45) is 0 Å². The van der Waals surface area contributed by atoms with Gasteiger partial charge in [0, 0.05) is 47.3 Å². The van der Waals surface area contributed by atoms with Gasteiger partial charge in [0.05, 0.1) is 0 Å². The molecule has 0 saturated carbocycles. The molecule has 0 N–H and O–H groups in total. The predicted octanol–water partition coefficient (Wildman–Crippen LogP) is 21.4. The van der Waals surface area contributed by atoms with E-state index in [-0.39, 0.29) is 0 Å². The van der Waals surface area contributed by atoms with E-state index in [1.807, 2.05) is 11.3 Å². The molecule has 3 aromatic heterocycles. The first kappa shape index (κ1) is 41.0. The quantitative estimate of drug-likeness (QED) is 0.164. The van der Waals surface area contributed by atoms with Gasteiger partial charge in [0.2, 0.25) is 0 Å². The molecule has 0 amide bonds. The molecule has 17 aromatic rings. The summed E-state index contributed by atoms with van der Waals surface area (Å²) in [5.41, 5.74) is 13.5. The molecule has 0 atom stereocenters. The lowest BCUT2D eigenvalue weighted by Gasteiger charge is -2.19. The molecular formula is C72H40O2S. The summed E-state index contributed by atoms with van der Waals surface area (Å²) in [6.45, 7) is 0. The van der Waals surface area contributed by atoms with Crippen LogP contribution in [0.2, 0.25) is 0 Å². The summed E-state index contributed by atoms with van der Waals surface area (Å²) >= 11 is 1.91. The molecule has 0 aliphatic rings. The zero-order valence-corrected chi connectivity index (χ0v) is 41.1. The fourth-order valence-corrected chi connectivity index (χ4v) is 14.4. The van der Waals surface area contributed by atoms with Crippen molar-refractivity contribution in [1.29, 1.82) is 0 Å². The maximum atomic E-state index is 6.50. The summed E-state index contributed by atoms with van der Waals surface area (Å²) in [5.74, 6) is 0. The van der Waals surface area contributed by atoms with Gasteiger partial charge in [0.1, 0.15) is 22.3 Å². The average molecular weight is 969 g/mol. The second-order valence-electron chi connectivity index (χ2n) is 20.1. The molecule has 0 spiro atoms. The van der Waals surface area contributed by atoms with E-state index >= 15 is 0 Å². The summed E-state index contributed by atoms with van der Waals surface area (Å²) in [5, 5.41) is 21.9. The SMILES string of the molecule is c1ccc2c(c1)ccc1oc3ccc(-c4c5ccccc5c(-c5cccc6c5sc5cccc(-c7c8ccccc8c(-c8ccc9oc%10ccc%11ccccc%11c%10c9c8)c8ccccc78)c56)c5ccccc45)cc3c12. The molecular weight excluding hydrogens is 929 g/mol. The number of hydrogen-bond acceptors (Lipinski definition) is 3. The summed E-state index contributed by atoms with van der Waals surface area (Å²) in [7, 11) is 0. The lowest BCUT2D eigenvalue weighted by Crippen LogP contribution is -1.91. The smallest absolute Gasteiger partial charge is 0.136 e. The maximum Gasteiger partial charge on any atom is 0.136 e. The monoisotopic (exact) mass is 968 g/mol. The largest absolute Gasteiger partial charge is 0.456 e. The predicted molar refractivity (Wildman–Crippen MR) is 321 cm³/mol. The number of furan rings is 2. The normalized spacial score (nSPS) is 12.3. The first-order chi connectivity index (χ1) is 37.2. The highest BCUT2D eigenvalue weighted by atomic mass is 32.1. The van der Waals surface area contributed by atoms with Crippen LogP contribution in [0.4, 0.5) is 0 Å². The summed E-state index contributed by atoms with van der Waals surface area (Å²) in [6.07, 6.45) is 0. The first-order valence-electron chi connectivity index (χ1n) is 25.7. The molecule has 0 bridgehead atoms. The molecule has 346 valence electrons. The van der Waals surface area contributed by atoms with E-state index in [4.69, 9.17) is 8.83 Å². The van der Waals surface area contributed by atoms with Crippen LogP contribution < -0.4 is 0 Å². The number of hydrogen-bond donors (Lipinski definition) is 0. The first-order valence-corrected chi connectivity index (χ1v) is 26.5. The Kier molecular flexibility index (Phi) is 8.46. The molecule has 0 aliphatic heterocycles. The Morgan fingerprint density at radius 1 is 0.240 bits per heavy atom. The van der Waals surface area contributed by atoms with Crippen LogP contribution in [-0.4, -0.2) is 0 Å². The standard InChI is InChI=1S/C72H40O2S/c1-3-17-45-41(15-1)31-37-62-69(45)58-39-43(33-35-60(58)73-62)65-47-19-5-9-23-51(47)67(52-24-10-6-20-48(52)65)55-27-14-30-64-71(55)57-29-13-28-56(72(57)75-64)68-53-25-11-7-21-49(53)66(50-22-8-12-26-54(50)68)44-34-36-61-59(40-44)70-46-18-4-2-16-42(46)32-38-63(70)74-61/h1-40H. The minimum absolute atomic E-state index is 0.901. The number of fused-ring (bicyclic) bond motifs is 17. The Morgan fingerprint density at radius 2 is 0.613 bits per heavy atom. The van der Waals surface area contributed by atoms with Crippen LogP contribution in [0.15, 0.2) is 251 Å². The summed E-state index contributed by atoms with van der Waals surface area (Å²) < 4.78 is 15.6. The van der Waals surface area contributed by atoms with Gasteiger partial charge >= 0.3 is 0 Å². The third-order valence-electron chi connectivity index (χ3n) is 16.2. The third kappa shape index (κ3) is 5.79. The molecule has 17 rings (SSSR count). The summed E-state index contributed by atoms with van der Waals surface area (Å²) in [6, 6.07) is 89.3. The van der Waals surface area contributed by atoms with Gasteiger partial charge in [-0.3, -0.25) is 0 Å². The Hall–Kier alpha value is -9.54. The van der Waals surface area contributed by atoms with Gasteiger partial charge in [0.25, 0.3) is 0 Å². The van der Waals surface area contributed by atoms with Crippen molar-refractivity contribution in [3.8, 4) is 44.5 Å². The van der Waals surface area contributed by atoms with Gasteiger partial charge in [-0.1, -0.05) is 200 Å². The van der Waals surface area contributed by atoms with Crippen LogP contribution in [0.5, 0.6) is 0 Å². The zero-order chi connectivity index (χ0) is 48.9. The van der Waals surface area contributed by atoms with Gasteiger partial charge in [-0.05, 0) is 146 Å². The highest BCUT2D eigenvalue weighted by Gasteiger charge is 2.24. The molecule has 0 aliphatic carbocycles. The molecule has 3 heterocycles. The minimum Gasteiger partial charge on any atom is -0.456 e. The number of benzene rings is 14. The average Bonchev–Trinajstić information content (AvgIpc) is 4.18. The van der Waals surface area contributed by atoms with Crippen LogP contribution >= 0.6 is 11.3 Å². The molecule has 0 fully saturated rings. The van der Waals surface area contributed by atoms with Crippen molar-refractivity contribution < 1.29 is 8.83 Å². The van der Waals surface area contributed by atoms with Gasteiger partial charge in [-0.25, -0.2) is 0 Å². The van der Waals surface area contributed by atoms with Crippen molar-refractivity contribution in [1.82, 2.24) is 0 Å². The van der Waals surface area contributed by atoms with Crippen LogP contribution in [0.25, 0.3) is 173 Å². The molecule has 3 heteroatoms. The lowest BCUT2D eigenvalue weighted by molar-refractivity contribution is 0.669. The fourth-order valence-electron chi connectivity index (χ4n) is 13.1. The summed E-state index contributed by atoms with van der Waals surface area (Å²) in [4.78, 5) is 0. The molecule has 0 saturated heterocycles. The minimum atomic E-state index is 0.901. The van der Waals surface area contributed by atoms with Gasteiger partial charge in [-0.2, -0.15) is 0 Å². The van der Waals surface area contributed by atoms with E-state index < -0.39 is 0 Å². The molecule has 0 unspecified atom stereocenters. The zero-order valence-electron chi connectivity index (χ0n) is 40.3. The second kappa shape index (κ2) is 15.5. The van der Waals surface area contributed by atoms with Crippen LogP contribution in [0, 0.1) is 0 Å². The van der Waals surface area contributed by atoms with Crippen molar-refractivity contribution in [2.75, 3.05) is 0 Å². The Labute approximate surface area is 433 Å². The Morgan fingerprint density at radius 3 is 1.09 bits per heavy atom. The Bertz CT molecular complexity index is 5200. The van der Waals surface area contributed by atoms with Gasteiger partial charge in [-0.15, -0.1) is 11.3 Å². The van der Waals surface area contributed by atoms with Crippen LogP contribution in [0.1, 0.15) is 0 Å². The van der Waals surface area contributed by atoms with Crippen molar-refractivity contribution in [3.63, 3.8) is 0 Å². The maximum absolute atomic E-state index is 6.50. The van der Waals surface area contributed by atoms with Crippen molar-refractivity contribution in [2.45, 2.75) is 0 Å². The highest BCUT2D eigenvalue weighted by Crippen LogP contribution is 2.52. The molecule has 14 aromatic carbocycles. The number of rotatable bonds is 4. The van der Waals surface area contributed by atoms with Gasteiger partial charge in [0.15, 0.2) is 0 Å². The molecule has 75 heavy (non-hydrogen) atoms. The van der Waals surface area contributed by atoms with Crippen LogP contribution in [-0.2, 0) is 0 Å². The number of thiophene rings is 1. The van der Waals surface area contributed by atoms with E-state index in [2.05, 4.69) is 243 Å². The molecule has 2 nitrogen and oxygen atoms in total.